The molecule has 0 aliphatic heterocycles. The summed E-state index contributed by atoms with van der Waals surface area (Å²) in [6, 6.07) is 5.32. The molecule has 0 aliphatic rings. The Morgan fingerprint density at radius 3 is 2.36 bits per heavy atom. The fourth-order valence-corrected chi connectivity index (χ4v) is 4.79. The molecule has 3 N–H and O–H groups in total. The molecule has 0 saturated heterocycles. The van der Waals surface area contributed by atoms with Gasteiger partial charge in [-0.05, 0) is 24.1 Å². The van der Waals surface area contributed by atoms with Crippen molar-refractivity contribution in [3.8, 4) is 5.75 Å². The third kappa shape index (κ3) is 9.27. The van der Waals surface area contributed by atoms with Crippen LogP contribution in [-0.2, 0) is 25.6 Å². The molecular weight excluding hydrogens is 402 g/mol. The molecule has 0 aromatic heterocycles. The molecule has 0 aliphatic carbocycles. The Hall–Kier alpha value is -2.00. The summed E-state index contributed by atoms with van der Waals surface area (Å²) in [7, 11) is 2.61. The van der Waals surface area contributed by atoms with Crippen LogP contribution in [0.4, 0.5) is 0 Å². The molecule has 0 spiro atoms. The minimum atomic E-state index is -1.05. The number of aldehydes is 1. The summed E-state index contributed by atoms with van der Waals surface area (Å²) in [5, 5.41) is 21.1. The number of phenols is 1. The zero-order valence-corrected chi connectivity index (χ0v) is 17.3. The molecule has 9 heteroatoms. The van der Waals surface area contributed by atoms with Gasteiger partial charge >= 0.3 is 5.97 Å². The molecule has 0 bridgehead atoms. The van der Waals surface area contributed by atoms with Gasteiger partial charge in [-0.1, -0.05) is 40.6 Å². The fourth-order valence-electron chi connectivity index (χ4n) is 2.32. The van der Waals surface area contributed by atoms with Crippen LogP contribution in [0.1, 0.15) is 27.2 Å². The molecule has 3 atom stereocenters. The van der Waals surface area contributed by atoms with Crippen molar-refractivity contribution in [2.45, 2.75) is 32.7 Å². The van der Waals surface area contributed by atoms with Gasteiger partial charge in [-0.2, -0.15) is 0 Å². The second-order valence-corrected chi connectivity index (χ2v) is 8.97. The van der Waals surface area contributed by atoms with Crippen molar-refractivity contribution >= 4 is 45.5 Å². The Kier molecular flexibility index (Phi) is 9.92. The van der Waals surface area contributed by atoms with Crippen LogP contribution in [0.15, 0.2) is 24.3 Å². The van der Waals surface area contributed by atoms with E-state index in [9.17, 15) is 29.4 Å². The first kappa shape index (κ1) is 22.3. The van der Waals surface area contributed by atoms with Crippen molar-refractivity contribution < 1.29 is 30.8 Å². The molecule has 154 valence electrons. The first-order chi connectivity index (χ1) is 13.6. The van der Waals surface area contributed by atoms with E-state index in [0.29, 0.717) is 5.75 Å². The summed E-state index contributed by atoms with van der Waals surface area (Å²) < 4.78 is 7.14. The van der Waals surface area contributed by atoms with Crippen molar-refractivity contribution in [1.82, 2.24) is 5.32 Å². The number of hydrogen-bond acceptors (Lipinski definition) is 7. The van der Waals surface area contributed by atoms with E-state index >= 15 is 0 Å². The number of Topliss-reactive ketones (excluding diaryl/α,β-unsaturated/α-hetero) is 1. The van der Waals surface area contributed by atoms with Crippen molar-refractivity contribution in [2.24, 2.45) is 11.8 Å². The SMILES string of the molecule is [2H]C(=O)[C@@H](CSSC[C@H](C)C(=O)C[C@@H](Cc1ccc(O)cc1)C(=O)O)NC(C)=O. The van der Waals surface area contributed by atoms with E-state index in [1.165, 1.54) is 40.6 Å². The Balaban J connectivity index is 2.48. The number of nitrogens with one attached hydrogen (secondary N) is 1. The molecule has 1 rings (SSSR count). The number of ketones is 1. The molecular formula is C19H25NO6S2. The van der Waals surface area contributed by atoms with E-state index in [2.05, 4.69) is 5.32 Å². The minimum Gasteiger partial charge on any atom is -0.508 e. The Bertz CT molecular complexity index is 728. The normalized spacial score (nSPS) is 14.4. The van der Waals surface area contributed by atoms with Gasteiger partial charge in [-0.3, -0.25) is 14.4 Å². The number of amides is 1. The summed E-state index contributed by atoms with van der Waals surface area (Å²) >= 11 is 0. The van der Waals surface area contributed by atoms with Crippen molar-refractivity contribution in [3.05, 3.63) is 29.8 Å². The summed E-state index contributed by atoms with van der Waals surface area (Å²) in [5.74, 6) is -2.10. The highest BCUT2D eigenvalue weighted by molar-refractivity contribution is 8.76. The second kappa shape index (κ2) is 12.5. The van der Waals surface area contributed by atoms with E-state index in [1.807, 2.05) is 0 Å². The van der Waals surface area contributed by atoms with Gasteiger partial charge in [-0.15, -0.1) is 0 Å². The zero-order chi connectivity index (χ0) is 22.0. The van der Waals surface area contributed by atoms with Crippen LogP contribution in [0.3, 0.4) is 0 Å². The van der Waals surface area contributed by atoms with Crippen LogP contribution >= 0.6 is 21.6 Å². The van der Waals surface area contributed by atoms with Gasteiger partial charge in [0.15, 0.2) is 0 Å². The van der Waals surface area contributed by atoms with Gasteiger partial charge in [0.05, 0.1) is 12.0 Å². The van der Waals surface area contributed by atoms with Crippen LogP contribution in [0.5, 0.6) is 5.75 Å². The lowest BCUT2D eigenvalue weighted by atomic mass is 9.91. The highest BCUT2D eigenvalue weighted by Crippen LogP contribution is 2.26. The largest absolute Gasteiger partial charge is 0.508 e. The highest BCUT2D eigenvalue weighted by atomic mass is 33.1. The number of aliphatic carboxylic acids is 1. The minimum absolute atomic E-state index is 0.0905. The number of carboxylic acid groups (broad SMARTS) is 1. The Morgan fingerprint density at radius 2 is 1.82 bits per heavy atom. The lowest BCUT2D eigenvalue weighted by Gasteiger charge is -2.16. The zero-order valence-electron chi connectivity index (χ0n) is 16.7. The molecule has 0 heterocycles. The number of rotatable bonds is 13. The molecule has 0 saturated carbocycles. The number of carbonyl (C=O) groups is 4. The van der Waals surface area contributed by atoms with Crippen LogP contribution in [0.25, 0.3) is 0 Å². The molecule has 28 heavy (non-hydrogen) atoms. The standard InChI is InChI=1S/C19H25NO6S2/c1-12(10-27-28-11-16(9-21)20-13(2)22)18(24)8-15(19(25)26)7-14-3-5-17(23)6-4-14/h3-6,9,12,15-16,23H,7-8,10-11H2,1-2H3,(H,20,22)(H,25,26)/t12-,15+,16-/m0/s1/i9D. The second-order valence-electron chi connectivity index (χ2n) is 6.42. The lowest BCUT2D eigenvalue weighted by molar-refractivity contribution is -0.144. The van der Waals surface area contributed by atoms with Crippen LogP contribution < -0.4 is 5.32 Å². The van der Waals surface area contributed by atoms with E-state index in [1.54, 1.807) is 19.1 Å². The number of phenolic OH excluding ortho intramolecular Hbond substituents is 1. The number of aromatic hydroxyl groups is 1. The van der Waals surface area contributed by atoms with Gasteiger partial charge in [0.25, 0.3) is 0 Å². The third-order valence-electron chi connectivity index (χ3n) is 3.92. The average Bonchev–Trinajstić information content (AvgIpc) is 2.64. The lowest BCUT2D eigenvalue weighted by Crippen LogP contribution is -2.36. The maximum Gasteiger partial charge on any atom is 0.307 e. The molecule has 1 aromatic carbocycles. The molecule has 1 amide bonds. The van der Waals surface area contributed by atoms with Gasteiger partial charge in [0.2, 0.25) is 5.91 Å². The molecule has 0 radical (unpaired) electrons. The predicted octanol–water partition coefficient (Wildman–Crippen LogP) is 2.32. The van der Waals surface area contributed by atoms with E-state index in [4.69, 9.17) is 1.37 Å². The van der Waals surface area contributed by atoms with Gasteiger partial charge in [-0.25, -0.2) is 0 Å². The number of carboxylic acids is 1. The topological polar surface area (TPSA) is 121 Å². The third-order valence-corrected chi connectivity index (χ3v) is 6.51. The maximum absolute atomic E-state index is 12.4. The van der Waals surface area contributed by atoms with Crippen molar-refractivity contribution in [3.63, 3.8) is 0 Å². The van der Waals surface area contributed by atoms with Crippen molar-refractivity contribution in [1.29, 1.82) is 0 Å². The number of benzene rings is 1. The molecule has 0 unspecified atom stereocenters. The van der Waals surface area contributed by atoms with Crippen molar-refractivity contribution in [2.75, 3.05) is 11.5 Å². The first-order valence-electron chi connectivity index (χ1n) is 9.15. The summed E-state index contributed by atoms with van der Waals surface area (Å²) in [6.45, 7) is 2.99. The Labute approximate surface area is 173 Å². The molecule has 7 nitrogen and oxygen atoms in total. The average molecular weight is 429 g/mol. The van der Waals surface area contributed by atoms with Gasteiger partial charge < -0.3 is 20.3 Å². The van der Waals surface area contributed by atoms with E-state index < -0.39 is 30.1 Å². The summed E-state index contributed by atoms with van der Waals surface area (Å²) in [6.07, 6.45) is -0.779. The first-order valence-corrected chi connectivity index (χ1v) is 11.1. The van der Waals surface area contributed by atoms with Gasteiger partial charge in [0.1, 0.15) is 19.2 Å². The van der Waals surface area contributed by atoms with Gasteiger partial charge in [0, 0.05) is 30.8 Å². The Morgan fingerprint density at radius 1 is 1.21 bits per heavy atom. The number of carbonyl (C=O) groups excluding carboxylic acids is 3. The monoisotopic (exact) mass is 428 g/mol. The molecule has 1 aromatic rings. The van der Waals surface area contributed by atoms with Crippen LogP contribution in [0, 0.1) is 11.8 Å². The predicted molar refractivity (Wildman–Crippen MR) is 110 cm³/mol. The summed E-state index contributed by atoms with van der Waals surface area (Å²) in [5.41, 5.74) is 0.727. The van der Waals surface area contributed by atoms with E-state index in [-0.39, 0.29) is 36.0 Å². The fraction of sp³-hybridized carbons (Fsp3) is 0.474. The highest BCUT2D eigenvalue weighted by Gasteiger charge is 2.24. The summed E-state index contributed by atoms with van der Waals surface area (Å²) in [4.78, 5) is 46.1. The quantitative estimate of drug-likeness (QED) is 0.249. The van der Waals surface area contributed by atoms with Crippen LogP contribution in [0.2, 0.25) is 0 Å². The smallest absolute Gasteiger partial charge is 0.307 e. The molecule has 0 fully saturated rings. The van der Waals surface area contributed by atoms with E-state index in [0.717, 1.165) is 5.56 Å². The maximum atomic E-state index is 12.4. The number of hydrogen-bond donors (Lipinski definition) is 3. The van der Waals surface area contributed by atoms with Crippen LogP contribution in [-0.4, -0.2) is 51.7 Å².